The van der Waals surface area contributed by atoms with Crippen LogP contribution >= 0.6 is 11.6 Å². The fourth-order valence-corrected chi connectivity index (χ4v) is 7.63. The summed E-state index contributed by atoms with van der Waals surface area (Å²) < 4.78 is 8.50. The highest BCUT2D eigenvalue weighted by molar-refractivity contribution is 6.30. The van der Waals surface area contributed by atoms with E-state index in [1.54, 1.807) is 12.1 Å². The van der Waals surface area contributed by atoms with Crippen molar-refractivity contribution in [1.82, 2.24) is 9.88 Å². The van der Waals surface area contributed by atoms with Gasteiger partial charge < -0.3 is 19.7 Å². The summed E-state index contributed by atoms with van der Waals surface area (Å²) in [5.41, 5.74) is 5.78. The molecular formula is C38H37ClN2O5. The normalized spacial score (nSPS) is 17.4. The third-order valence-corrected chi connectivity index (χ3v) is 10.2. The molecule has 2 N–H and O–H groups in total. The van der Waals surface area contributed by atoms with Crippen LogP contribution in [0.2, 0.25) is 5.02 Å². The molecule has 7 rings (SSSR count). The molecule has 2 fully saturated rings. The smallest absolute Gasteiger partial charge is 0.328 e. The van der Waals surface area contributed by atoms with E-state index in [4.69, 9.17) is 21.4 Å². The third kappa shape index (κ3) is 5.73. The molecular weight excluding hydrogens is 600 g/mol. The van der Waals surface area contributed by atoms with Crippen LogP contribution in [0.1, 0.15) is 84.3 Å². The average molecular weight is 637 g/mol. The van der Waals surface area contributed by atoms with Crippen LogP contribution in [0.25, 0.3) is 28.2 Å². The van der Waals surface area contributed by atoms with Crippen LogP contribution in [0, 0.1) is 0 Å². The second-order valence-electron chi connectivity index (χ2n) is 12.9. The van der Waals surface area contributed by atoms with Gasteiger partial charge in [-0.25, -0.2) is 4.79 Å². The molecule has 4 aromatic rings. The molecule has 2 heterocycles. The van der Waals surface area contributed by atoms with Crippen molar-refractivity contribution >= 4 is 46.2 Å². The van der Waals surface area contributed by atoms with Crippen LogP contribution in [0.15, 0.2) is 66.7 Å². The van der Waals surface area contributed by atoms with Gasteiger partial charge in [0, 0.05) is 39.5 Å². The van der Waals surface area contributed by atoms with Gasteiger partial charge in [-0.1, -0.05) is 61.2 Å². The van der Waals surface area contributed by atoms with Crippen molar-refractivity contribution in [2.45, 2.75) is 75.8 Å². The molecule has 236 valence electrons. The lowest BCUT2D eigenvalue weighted by molar-refractivity contribution is -0.131. The molecule has 1 amide bonds. The topological polar surface area (TPSA) is 97.6 Å². The zero-order valence-electron chi connectivity index (χ0n) is 25.7. The van der Waals surface area contributed by atoms with E-state index >= 15 is 0 Å². The molecule has 3 aliphatic rings. The average Bonchev–Trinajstić information content (AvgIpc) is 3.24. The Bertz CT molecular complexity index is 1860. The quantitative estimate of drug-likeness (QED) is 0.191. The van der Waals surface area contributed by atoms with Gasteiger partial charge in [-0.3, -0.25) is 9.59 Å². The van der Waals surface area contributed by atoms with Crippen molar-refractivity contribution in [2.75, 3.05) is 6.61 Å². The van der Waals surface area contributed by atoms with Gasteiger partial charge in [0.2, 0.25) is 0 Å². The Kier molecular flexibility index (Phi) is 8.20. The predicted octanol–water partition coefficient (Wildman–Crippen LogP) is 7.96. The minimum absolute atomic E-state index is 0.00874. The second-order valence-corrected chi connectivity index (χ2v) is 13.3. The number of hydrogen-bond acceptors (Lipinski definition) is 4. The monoisotopic (exact) mass is 636 g/mol. The summed E-state index contributed by atoms with van der Waals surface area (Å²) in [6.07, 6.45) is 10.9. The van der Waals surface area contributed by atoms with E-state index in [0.717, 1.165) is 53.3 Å². The third-order valence-electron chi connectivity index (χ3n) is 10.0. The molecule has 2 aliphatic carbocycles. The van der Waals surface area contributed by atoms with Gasteiger partial charge in [-0.05, 0) is 91.1 Å². The number of amides is 1. The molecule has 8 heteroatoms. The first-order valence-electron chi connectivity index (χ1n) is 16.3. The molecule has 3 aromatic carbocycles. The lowest BCUT2D eigenvalue weighted by Gasteiger charge is -2.41. The summed E-state index contributed by atoms with van der Waals surface area (Å²) >= 11 is 6.37. The number of carboxylic acids is 1. The summed E-state index contributed by atoms with van der Waals surface area (Å²) in [5.74, 6) is -0.0305. The van der Waals surface area contributed by atoms with Crippen molar-refractivity contribution in [3.8, 4) is 17.0 Å². The number of aliphatic carboxylic acids is 1. The van der Waals surface area contributed by atoms with Gasteiger partial charge in [0.15, 0.2) is 5.78 Å². The van der Waals surface area contributed by atoms with Crippen molar-refractivity contribution in [1.29, 1.82) is 0 Å². The zero-order chi connectivity index (χ0) is 31.8. The number of carbonyl (C=O) groups is 3. The maximum Gasteiger partial charge on any atom is 0.328 e. The van der Waals surface area contributed by atoms with Crippen molar-refractivity contribution in [3.05, 3.63) is 94.0 Å². The zero-order valence-corrected chi connectivity index (χ0v) is 26.4. The first kappa shape index (κ1) is 30.3. The number of ether oxygens (including phenoxy) is 1. The molecule has 0 bridgehead atoms. The van der Waals surface area contributed by atoms with Crippen molar-refractivity contribution in [2.24, 2.45) is 0 Å². The number of benzene rings is 3. The highest BCUT2D eigenvalue weighted by Crippen LogP contribution is 2.47. The molecule has 46 heavy (non-hydrogen) atoms. The van der Waals surface area contributed by atoms with Crippen LogP contribution in [0.5, 0.6) is 5.75 Å². The Morgan fingerprint density at radius 2 is 1.76 bits per heavy atom. The first-order valence-corrected chi connectivity index (χ1v) is 16.6. The van der Waals surface area contributed by atoms with Crippen LogP contribution in [-0.4, -0.2) is 39.5 Å². The molecule has 1 aromatic heterocycles. The number of ketones is 1. The van der Waals surface area contributed by atoms with Crippen LogP contribution < -0.4 is 10.1 Å². The summed E-state index contributed by atoms with van der Waals surface area (Å²) in [7, 11) is 0. The van der Waals surface area contributed by atoms with Gasteiger partial charge >= 0.3 is 5.97 Å². The van der Waals surface area contributed by atoms with E-state index in [9.17, 15) is 14.4 Å². The fraction of sp³-hybridized carbons (Fsp3) is 0.342. The Hall–Kier alpha value is -4.36. The van der Waals surface area contributed by atoms with Gasteiger partial charge in [-0.2, -0.15) is 0 Å². The van der Waals surface area contributed by atoms with Crippen molar-refractivity contribution in [3.63, 3.8) is 0 Å². The molecule has 0 unspecified atom stereocenters. The minimum Gasteiger partial charge on any atom is -0.491 e. The van der Waals surface area contributed by atoms with E-state index in [-0.39, 0.29) is 18.1 Å². The van der Waals surface area contributed by atoms with Gasteiger partial charge in [0.1, 0.15) is 12.4 Å². The van der Waals surface area contributed by atoms with Gasteiger partial charge in [0.05, 0.1) is 17.8 Å². The largest absolute Gasteiger partial charge is 0.491 e. The minimum atomic E-state index is -1.01. The molecule has 2 saturated carbocycles. The second kappa shape index (κ2) is 12.4. The lowest BCUT2D eigenvalue weighted by Crippen LogP contribution is -2.59. The molecule has 1 aliphatic heterocycles. The van der Waals surface area contributed by atoms with Crippen LogP contribution in [-0.2, 0) is 22.6 Å². The number of carbonyl (C=O) groups excluding carboxylic acids is 2. The lowest BCUT2D eigenvalue weighted by atomic mass is 9.72. The Morgan fingerprint density at radius 1 is 0.978 bits per heavy atom. The number of Topliss-reactive ketones (excluding diaryl/α,β-unsaturated/α-hetero) is 1. The molecule has 0 atom stereocenters. The number of rotatable bonds is 8. The number of nitrogens with zero attached hydrogens (tertiary/aromatic N) is 1. The van der Waals surface area contributed by atoms with Gasteiger partial charge in [-0.15, -0.1) is 0 Å². The van der Waals surface area contributed by atoms with E-state index in [1.807, 2.05) is 36.4 Å². The highest BCUT2D eigenvalue weighted by atomic mass is 35.5. The summed E-state index contributed by atoms with van der Waals surface area (Å²) in [5, 5.41) is 13.8. The van der Waals surface area contributed by atoms with Crippen LogP contribution in [0.4, 0.5) is 0 Å². The first-order chi connectivity index (χ1) is 22.3. The molecule has 0 radical (unpaired) electrons. The summed E-state index contributed by atoms with van der Waals surface area (Å²) in [6.45, 7) is 1.16. The van der Waals surface area contributed by atoms with E-state index < -0.39 is 11.5 Å². The molecule has 0 spiro atoms. The summed E-state index contributed by atoms with van der Waals surface area (Å²) in [6, 6.07) is 19.1. The number of nitrogens with one attached hydrogen (secondary N) is 1. The number of aromatic nitrogens is 1. The van der Waals surface area contributed by atoms with E-state index in [2.05, 4.69) is 22.0 Å². The Balaban J connectivity index is 1.19. The fourth-order valence-electron chi connectivity index (χ4n) is 7.46. The van der Waals surface area contributed by atoms with Crippen molar-refractivity contribution < 1.29 is 24.2 Å². The molecule has 0 saturated heterocycles. The Morgan fingerprint density at radius 3 is 2.48 bits per heavy atom. The van der Waals surface area contributed by atoms with E-state index in [1.165, 1.54) is 42.0 Å². The van der Waals surface area contributed by atoms with Crippen LogP contribution in [0.3, 0.4) is 0 Å². The number of fused-ring (bicyclic) bond motifs is 5. The SMILES string of the molecule is O=C(O)/C=C/c1ccc(CC(=O)C2(NC(=O)c3ccc4c(C5CCCCC5)c5n(c4c3)CCOc3cc(Cl)ccc3-5)CCC2)cc1. The summed E-state index contributed by atoms with van der Waals surface area (Å²) in [4.78, 5) is 38.3. The predicted molar refractivity (Wildman–Crippen MR) is 180 cm³/mol. The maximum atomic E-state index is 13.8. The standard InChI is InChI=1S/C38H37ClN2O5/c39-28-13-15-30-32(23-28)46-20-19-41-31-22-27(12-14-29(31)35(36(30)41)26-5-2-1-3-6-26)37(45)40-38(17-4-18-38)33(42)21-25-9-7-24(8-10-25)11-16-34(43)44/h7-16,22-23,26H,1-6,17-21H2,(H,40,45)(H,43,44)/b16-11+. The van der Waals surface area contributed by atoms with E-state index in [0.29, 0.717) is 42.5 Å². The Labute approximate surface area is 273 Å². The highest BCUT2D eigenvalue weighted by Gasteiger charge is 2.45. The van der Waals surface area contributed by atoms with Gasteiger partial charge in [0.25, 0.3) is 5.91 Å². The number of hydrogen-bond donors (Lipinski definition) is 2. The number of carboxylic acid groups (broad SMARTS) is 1. The maximum absolute atomic E-state index is 13.8. The molecule has 7 nitrogen and oxygen atoms in total. The number of halogens is 1.